The molecule has 0 fully saturated rings. The maximum atomic E-state index is 14.3. The Bertz CT molecular complexity index is 849. The van der Waals surface area contributed by atoms with Crippen molar-refractivity contribution < 1.29 is 4.39 Å². The average molecular weight is 364 g/mol. The zero-order valence-electron chi connectivity index (χ0n) is 12.4. The Hall–Kier alpha value is -2.02. The van der Waals surface area contributed by atoms with E-state index >= 15 is 0 Å². The van der Waals surface area contributed by atoms with Gasteiger partial charge in [0.2, 0.25) is 5.95 Å². The van der Waals surface area contributed by atoms with Gasteiger partial charge in [-0.05, 0) is 33.0 Å². The van der Waals surface area contributed by atoms with E-state index in [9.17, 15) is 4.39 Å². The number of nitrogens with two attached hydrogens (primary N) is 1. The monoisotopic (exact) mass is 363 g/mol. The molecule has 0 aliphatic carbocycles. The molecule has 0 bridgehead atoms. The molecule has 3 aromatic rings. The quantitative estimate of drug-likeness (QED) is 0.717. The van der Waals surface area contributed by atoms with Gasteiger partial charge in [0.15, 0.2) is 5.82 Å². The van der Waals surface area contributed by atoms with Gasteiger partial charge in [-0.2, -0.15) is 0 Å². The lowest BCUT2D eigenvalue weighted by atomic mass is 9.88. The fourth-order valence-corrected chi connectivity index (χ4v) is 2.77. The minimum absolute atomic E-state index is 0.00183. The summed E-state index contributed by atoms with van der Waals surface area (Å²) in [4.78, 5) is 8.28. The van der Waals surface area contributed by atoms with Gasteiger partial charge in [-0.3, -0.25) is 4.98 Å². The largest absolute Gasteiger partial charge is 0.367 e. The molecule has 0 spiro atoms. The molecule has 114 valence electrons. The van der Waals surface area contributed by atoms with Crippen molar-refractivity contribution >= 4 is 27.4 Å². The highest BCUT2D eigenvalue weighted by Gasteiger charge is 2.21. The molecular formula is C15H15BrFN5. The van der Waals surface area contributed by atoms with Crippen molar-refractivity contribution in [3.05, 3.63) is 40.4 Å². The van der Waals surface area contributed by atoms with Crippen LogP contribution in [-0.4, -0.2) is 19.6 Å². The Labute approximate surface area is 135 Å². The van der Waals surface area contributed by atoms with Crippen molar-refractivity contribution in [1.82, 2.24) is 19.6 Å². The van der Waals surface area contributed by atoms with E-state index in [0.29, 0.717) is 15.9 Å². The molecule has 0 radical (unpaired) electrons. The maximum absolute atomic E-state index is 14.3. The van der Waals surface area contributed by atoms with E-state index in [1.165, 1.54) is 10.7 Å². The van der Waals surface area contributed by atoms with Crippen molar-refractivity contribution in [3.8, 4) is 11.4 Å². The molecule has 0 aliphatic rings. The van der Waals surface area contributed by atoms with E-state index in [0.717, 1.165) is 5.56 Å². The van der Waals surface area contributed by atoms with Gasteiger partial charge in [-0.25, -0.2) is 13.9 Å². The molecular weight excluding hydrogens is 349 g/mol. The first kappa shape index (κ1) is 14.9. The molecule has 0 aromatic carbocycles. The predicted molar refractivity (Wildman–Crippen MR) is 87.0 cm³/mol. The zero-order chi connectivity index (χ0) is 16.1. The van der Waals surface area contributed by atoms with E-state index in [-0.39, 0.29) is 16.9 Å². The van der Waals surface area contributed by atoms with Gasteiger partial charge in [0.05, 0.1) is 16.4 Å². The lowest BCUT2D eigenvalue weighted by molar-refractivity contribution is 0.587. The van der Waals surface area contributed by atoms with Gasteiger partial charge in [-0.15, -0.1) is 5.10 Å². The molecule has 0 unspecified atom stereocenters. The highest BCUT2D eigenvalue weighted by molar-refractivity contribution is 9.10. The lowest BCUT2D eigenvalue weighted by Gasteiger charge is -2.18. The number of hydrogen-bond donors (Lipinski definition) is 1. The van der Waals surface area contributed by atoms with E-state index in [1.54, 1.807) is 6.20 Å². The normalized spacial score (nSPS) is 12.0. The first-order valence-corrected chi connectivity index (χ1v) is 7.53. The second-order valence-electron chi connectivity index (χ2n) is 6.07. The summed E-state index contributed by atoms with van der Waals surface area (Å²) in [7, 11) is 0. The summed E-state index contributed by atoms with van der Waals surface area (Å²) in [6.45, 7) is 6.33. The highest BCUT2D eigenvalue weighted by Crippen LogP contribution is 2.34. The van der Waals surface area contributed by atoms with Crippen LogP contribution in [0, 0.1) is 5.82 Å². The van der Waals surface area contributed by atoms with Crippen LogP contribution in [0.2, 0.25) is 0 Å². The second-order valence-corrected chi connectivity index (χ2v) is 6.87. The molecule has 22 heavy (non-hydrogen) atoms. The smallest absolute Gasteiger partial charge is 0.238 e. The van der Waals surface area contributed by atoms with E-state index < -0.39 is 5.82 Å². The molecule has 0 saturated carbocycles. The van der Waals surface area contributed by atoms with Gasteiger partial charge in [0.1, 0.15) is 11.2 Å². The number of nitrogens with zero attached hydrogens (tertiary/aromatic N) is 4. The highest BCUT2D eigenvalue weighted by atomic mass is 79.9. The Balaban J connectivity index is 2.22. The summed E-state index contributed by atoms with van der Waals surface area (Å²) in [6.07, 6.45) is 3.15. The number of hydrogen-bond acceptors (Lipinski definition) is 4. The van der Waals surface area contributed by atoms with Gasteiger partial charge < -0.3 is 5.73 Å². The maximum Gasteiger partial charge on any atom is 0.238 e. The van der Waals surface area contributed by atoms with Crippen LogP contribution >= 0.6 is 15.9 Å². The van der Waals surface area contributed by atoms with Crippen LogP contribution in [0.5, 0.6) is 0 Å². The van der Waals surface area contributed by atoms with Crippen molar-refractivity contribution in [2.45, 2.75) is 26.2 Å². The SMILES string of the molecule is CC(C)(C)c1ccc(-c2c(Br)c(F)c3cnc(N)nn23)nc1. The molecule has 7 heteroatoms. The molecule has 2 N–H and O–H groups in total. The summed E-state index contributed by atoms with van der Waals surface area (Å²) >= 11 is 3.27. The third kappa shape index (κ3) is 2.35. The summed E-state index contributed by atoms with van der Waals surface area (Å²) in [5, 5.41) is 4.08. The minimum Gasteiger partial charge on any atom is -0.367 e. The molecule has 0 atom stereocenters. The van der Waals surface area contributed by atoms with Crippen molar-refractivity contribution in [2.75, 3.05) is 5.73 Å². The van der Waals surface area contributed by atoms with Gasteiger partial charge in [0, 0.05) is 6.20 Å². The van der Waals surface area contributed by atoms with Crippen molar-refractivity contribution in [3.63, 3.8) is 0 Å². The first-order valence-electron chi connectivity index (χ1n) is 6.74. The molecule has 0 saturated heterocycles. The Morgan fingerprint density at radius 2 is 1.91 bits per heavy atom. The third-order valence-electron chi connectivity index (χ3n) is 3.46. The zero-order valence-corrected chi connectivity index (χ0v) is 14.0. The number of pyridine rings is 1. The van der Waals surface area contributed by atoms with Crippen LogP contribution in [0.15, 0.2) is 29.0 Å². The number of aromatic nitrogens is 4. The fraction of sp³-hybridized carbons (Fsp3) is 0.267. The Morgan fingerprint density at radius 1 is 1.18 bits per heavy atom. The van der Waals surface area contributed by atoms with Crippen LogP contribution in [0.3, 0.4) is 0 Å². The van der Waals surface area contributed by atoms with Crippen LogP contribution in [0.1, 0.15) is 26.3 Å². The molecule has 0 amide bonds. The van der Waals surface area contributed by atoms with Crippen molar-refractivity contribution in [1.29, 1.82) is 0 Å². The summed E-state index contributed by atoms with van der Waals surface area (Å²) in [5.41, 5.74) is 8.08. The van der Waals surface area contributed by atoms with Crippen LogP contribution in [0.25, 0.3) is 16.9 Å². The van der Waals surface area contributed by atoms with Crippen LogP contribution in [0.4, 0.5) is 10.3 Å². The van der Waals surface area contributed by atoms with E-state index in [2.05, 4.69) is 51.8 Å². The number of anilines is 1. The third-order valence-corrected chi connectivity index (χ3v) is 4.18. The van der Waals surface area contributed by atoms with Crippen LogP contribution < -0.4 is 5.73 Å². The summed E-state index contributed by atoms with van der Waals surface area (Å²) in [6, 6.07) is 3.83. The van der Waals surface area contributed by atoms with E-state index in [1.807, 2.05) is 12.1 Å². The van der Waals surface area contributed by atoms with Gasteiger partial charge in [-0.1, -0.05) is 26.8 Å². The molecule has 5 nitrogen and oxygen atoms in total. The van der Waals surface area contributed by atoms with Gasteiger partial charge in [0.25, 0.3) is 0 Å². The van der Waals surface area contributed by atoms with Gasteiger partial charge >= 0.3 is 0 Å². The van der Waals surface area contributed by atoms with Crippen LogP contribution in [-0.2, 0) is 5.41 Å². The Kier molecular flexibility index (Phi) is 3.40. The fourth-order valence-electron chi connectivity index (χ4n) is 2.19. The number of fused-ring (bicyclic) bond motifs is 1. The number of rotatable bonds is 1. The number of halogens is 2. The first-order chi connectivity index (χ1) is 10.3. The molecule has 3 aromatic heterocycles. The number of nitrogen functional groups attached to an aromatic ring is 1. The molecule has 0 aliphatic heterocycles. The Morgan fingerprint density at radius 3 is 2.50 bits per heavy atom. The summed E-state index contributed by atoms with van der Waals surface area (Å²) < 4.78 is 16.0. The molecule has 3 heterocycles. The average Bonchev–Trinajstić information content (AvgIpc) is 2.70. The summed E-state index contributed by atoms with van der Waals surface area (Å²) in [5.74, 6) is -0.362. The second kappa shape index (κ2) is 5.01. The van der Waals surface area contributed by atoms with Crippen molar-refractivity contribution in [2.24, 2.45) is 0 Å². The standard InChI is InChI=1S/C15H15BrFN5/c1-15(2,3)8-4-5-9(19-6-8)13-11(16)12(17)10-7-20-14(18)21-22(10)13/h4-7H,1-3H3,(H2,18,21). The molecule has 3 rings (SSSR count). The topological polar surface area (TPSA) is 69.1 Å². The lowest BCUT2D eigenvalue weighted by Crippen LogP contribution is -2.11. The minimum atomic E-state index is -0.434. The predicted octanol–water partition coefficient (Wildman–Crippen LogP) is 3.57. The van der Waals surface area contributed by atoms with E-state index in [4.69, 9.17) is 5.73 Å².